The van der Waals surface area contributed by atoms with Crippen LogP contribution >= 0.6 is 12.2 Å². The Hall–Kier alpha value is -2.73. The standard InChI is InChI=1S/C20H21N3O2S/c1-3-13(2)21-18(24)12-14-8-10-15(11-9-14)23-19(25)16-6-4-5-7-17(16)22-20(23)26/h4-11,13H,3,12H2,1-2H3,(H,21,24)(H,22,26). The lowest BCUT2D eigenvalue weighted by atomic mass is 10.1. The van der Waals surface area contributed by atoms with Gasteiger partial charge in [0.2, 0.25) is 5.91 Å². The summed E-state index contributed by atoms with van der Waals surface area (Å²) in [5.41, 5.74) is 2.12. The maximum atomic E-state index is 12.8. The fourth-order valence-electron chi connectivity index (χ4n) is 2.77. The molecule has 1 unspecified atom stereocenters. The quantitative estimate of drug-likeness (QED) is 0.678. The third kappa shape index (κ3) is 3.75. The van der Waals surface area contributed by atoms with Crippen LogP contribution in [0.25, 0.3) is 16.6 Å². The van der Waals surface area contributed by atoms with Crippen molar-refractivity contribution in [3.05, 3.63) is 69.2 Å². The first kappa shape index (κ1) is 18.1. The Bertz CT molecular complexity index is 1050. The highest BCUT2D eigenvalue weighted by Crippen LogP contribution is 2.12. The normalized spacial score (nSPS) is 12.1. The van der Waals surface area contributed by atoms with Crippen molar-refractivity contribution in [1.29, 1.82) is 0 Å². The summed E-state index contributed by atoms with van der Waals surface area (Å²) < 4.78 is 1.82. The molecule has 0 saturated heterocycles. The SMILES string of the molecule is CCC(C)NC(=O)Cc1ccc(-n2c(=S)[nH]c3ccccc3c2=O)cc1. The minimum Gasteiger partial charge on any atom is -0.353 e. The zero-order valence-corrected chi connectivity index (χ0v) is 15.6. The van der Waals surface area contributed by atoms with Gasteiger partial charge in [0, 0.05) is 6.04 Å². The zero-order valence-electron chi connectivity index (χ0n) is 14.8. The van der Waals surface area contributed by atoms with E-state index < -0.39 is 0 Å². The number of carbonyl (C=O) groups excluding carboxylic acids is 1. The molecular formula is C20H21N3O2S. The van der Waals surface area contributed by atoms with Gasteiger partial charge in [-0.15, -0.1) is 0 Å². The number of aromatic nitrogens is 2. The lowest BCUT2D eigenvalue weighted by molar-refractivity contribution is -0.121. The van der Waals surface area contributed by atoms with Crippen molar-refractivity contribution < 1.29 is 4.79 Å². The molecule has 26 heavy (non-hydrogen) atoms. The molecule has 3 rings (SSSR count). The van der Waals surface area contributed by atoms with Gasteiger partial charge in [-0.05, 0) is 55.4 Å². The van der Waals surface area contributed by atoms with Crippen LogP contribution in [0.15, 0.2) is 53.3 Å². The van der Waals surface area contributed by atoms with Gasteiger partial charge in [0.15, 0.2) is 4.77 Å². The van der Waals surface area contributed by atoms with Crippen molar-refractivity contribution in [3.8, 4) is 5.69 Å². The minimum atomic E-state index is -0.161. The summed E-state index contributed by atoms with van der Waals surface area (Å²) in [6, 6.07) is 14.8. The van der Waals surface area contributed by atoms with Crippen LogP contribution in [0.3, 0.4) is 0 Å². The van der Waals surface area contributed by atoms with Crippen LogP contribution in [0.4, 0.5) is 0 Å². The van der Waals surface area contributed by atoms with Crippen LogP contribution in [-0.4, -0.2) is 21.5 Å². The molecule has 0 aliphatic rings. The van der Waals surface area contributed by atoms with Gasteiger partial charge in [-0.1, -0.05) is 31.2 Å². The number of benzene rings is 2. The molecule has 6 heteroatoms. The van der Waals surface area contributed by atoms with Crippen molar-refractivity contribution in [2.75, 3.05) is 0 Å². The van der Waals surface area contributed by atoms with E-state index in [9.17, 15) is 9.59 Å². The molecule has 1 amide bonds. The molecular weight excluding hydrogens is 346 g/mol. The van der Waals surface area contributed by atoms with Gasteiger partial charge in [0.05, 0.1) is 23.0 Å². The van der Waals surface area contributed by atoms with E-state index in [-0.39, 0.29) is 17.5 Å². The van der Waals surface area contributed by atoms with Gasteiger partial charge < -0.3 is 10.3 Å². The van der Waals surface area contributed by atoms with Crippen LogP contribution in [0.5, 0.6) is 0 Å². The second-order valence-corrected chi connectivity index (χ2v) is 6.72. The Kier molecular flexibility index (Phi) is 5.32. The second kappa shape index (κ2) is 7.66. The fraction of sp³-hybridized carbons (Fsp3) is 0.250. The van der Waals surface area contributed by atoms with Gasteiger partial charge >= 0.3 is 0 Å². The van der Waals surface area contributed by atoms with E-state index in [0.29, 0.717) is 22.3 Å². The van der Waals surface area contributed by atoms with Crippen molar-refractivity contribution in [1.82, 2.24) is 14.9 Å². The predicted molar refractivity (Wildman–Crippen MR) is 106 cm³/mol. The summed E-state index contributed by atoms with van der Waals surface area (Å²) >= 11 is 5.36. The number of fused-ring (bicyclic) bond motifs is 1. The molecule has 1 aromatic heterocycles. The number of carbonyl (C=O) groups is 1. The Morgan fingerprint density at radius 1 is 1.19 bits per heavy atom. The van der Waals surface area contributed by atoms with Crippen LogP contribution in [0.1, 0.15) is 25.8 Å². The molecule has 134 valence electrons. The second-order valence-electron chi connectivity index (χ2n) is 6.34. The number of para-hydroxylation sites is 1. The molecule has 0 bridgehead atoms. The Morgan fingerprint density at radius 3 is 2.58 bits per heavy atom. The summed E-state index contributed by atoms with van der Waals surface area (Å²) in [5, 5.41) is 3.53. The van der Waals surface area contributed by atoms with E-state index in [1.807, 2.05) is 56.3 Å². The van der Waals surface area contributed by atoms with Crippen molar-refractivity contribution in [2.24, 2.45) is 0 Å². The topological polar surface area (TPSA) is 66.9 Å². The molecule has 2 N–H and O–H groups in total. The number of hydrogen-bond acceptors (Lipinski definition) is 3. The number of hydrogen-bond donors (Lipinski definition) is 2. The maximum Gasteiger partial charge on any atom is 0.266 e. The molecule has 0 aliphatic heterocycles. The Balaban J connectivity index is 1.90. The highest BCUT2D eigenvalue weighted by Gasteiger charge is 2.09. The van der Waals surface area contributed by atoms with Gasteiger partial charge in [-0.2, -0.15) is 0 Å². The highest BCUT2D eigenvalue weighted by atomic mass is 32.1. The summed E-state index contributed by atoms with van der Waals surface area (Å²) in [7, 11) is 0. The maximum absolute atomic E-state index is 12.8. The van der Waals surface area contributed by atoms with E-state index in [4.69, 9.17) is 12.2 Å². The molecule has 5 nitrogen and oxygen atoms in total. The number of amides is 1. The van der Waals surface area contributed by atoms with Crippen LogP contribution in [0, 0.1) is 4.77 Å². The van der Waals surface area contributed by atoms with Gasteiger partial charge in [0.25, 0.3) is 5.56 Å². The summed E-state index contributed by atoms with van der Waals surface area (Å²) in [4.78, 5) is 27.9. The van der Waals surface area contributed by atoms with Crippen molar-refractivity contribution in [2.45, 2.75) is 32.7 Å². The van der Waals surface area contributed by atoms with E-state index in [0.717, 1.165) is 17.5 Å². The molecule has 0 fully saturated rings. The molecule has 0 saturated carbocycles. The lowest BCUT2D eigenvalue weighted by Crippen LogP contribution is -2.33. The van der Waals surface area contributed by atoms with E-state index in [2.05, 4.69) is 10.3 Å². The summed E-state index contributed by atoms with van der Waals surface area (Å²) in [6.45, 7) is 4.01. The molecule has 1 heterocycles. The van der Waals surface area contributed by atoms with Crippen molar-refractivity contribution in [3.63, 3.8) is 0 Å². The van der Waals surface area contributed by atoms with Crippen LogP contribution < -0.4 is 10.9 Å². The Morgan fingerprint density at radius 2 is 1.88 bits per heavy atom. The van der Waals surface area contributed by atoms with Crippen LogP contribution in [-0.2, 0) is 11.2 Å². The number of aromatic amines is 1. The monoisotopic (exact) mass is 367 g/mol. The highest BCUT2D eigenvalue weighted by molar-refractivity contribution is 7.71. The number of nitrogens with zero attached hydrogens (tertiary/aromatic N) is 1. The van der Waals surface area contributed by atoms with E-state index >= 15 is 0 Å². The zero-order chi connectivity index (χ0) is 18.7. The van der Waals surface area contributed by atoms with Gasteiger partial charge in [-0.25, -0.2) is 0 Å². The molecule has 2 aromatic carbocycles. The number of H-pyrrole nitrogens is 1. The van der Waals surface area contributed by atoms with E-state index in [1.54, 1.807) is 6.07 Å². The summed E-state index contributed by atoms with van der Waals surface area (Å²) in [6.07, 6.45) is 1.21. The molecule has 0 spiro atoms. The van der Waals surface area contributed by atoms with Gasteiger partial charge in [0.1, 0.15) is 0 Å². The van der Waals surface area contributed by atoms with Gasteiger partial charge in [-0.3, -0.25) is 14.2 Å². The third-order valence-corrected chi connectivity index (χ3v) is 4.67. The molecule has 1 atom stereocenters. The first-order valence-electron chi connectivity index (χ1n) is 8.62. The van der Waals surface area contributed by atoms with E-state index in [1.165, 1.54) is 4.57 Å². The first-order valence-corrected chi connectivity index (χ1v) is 9.03. The average Bonchev–Trinajstić information content (AvgIpc) is 2.63. The predicted octanol–water partition coefficient (Wildman–Crippen LogP) is 3.51. The smallest absolute Gasteiger partial charge is 0.266 e. The molecule has 0 radical (unpaired) electrons. The molecule has 0 aliphatic carbocycles. The lowest BCUT2D eigenvalue weighted by Gasteiger charge is -2.12. The Labute approximate surface area is 156 Å². The van der Waals surface area contributed by atoms with Crippen LogP contribution in [0.2, 0.25) is 0 Å². The fourth-order valence-corrected chi connectivity index (χ4v) is 3.07. The third-order valence-electron chi connectivity index (χ3n) is 4.38. The number of nitrogens with one attached hydrogen (secondary N) is 2. The number of rotatable bonds is 5. The molecule has 3 aromatic rings. The van der Waals surface area contributed by atoms with Crippen molar-refractivity contribution >= 4 is 29.0 Å². The minimum absolute atomic E-state index is 0.00716. The summed E-state index contributed by atoms with van der Waals surface area (Å²) in [5.74, 6) is -0.00716. The average molecular weight is 367 g/mol. The largest absolute Gasteiger partial charge is 0.353 e. The first-order chi connectivity index (χ1) is 12.5.